The molecule has 2 heterocycles. The number of nitrogens with zero attached hydrogens (tertiary/aromatic N) is 6. The number of aliphatic hydroxyl groups is 1. The van der Waals surface area contributed by atoms with Crippen LogP contribution < -0.4 is 0 Å². The lowest BCUT2D eigenvalue weighted by atomic mass is 9.95. The number of rotatable bonds is 5. The zero-order valence-electron chi connectivity index (χ0n) is 14.4. The van der Waals surface area contributed by atoms with E-state index < -0.39 is 0 Å². The summed E-state index contributed by atoms with van der Waals surface area (Å²) in [5.41, 5.74) is 0. The zero-order chi connectivity index (χ0) is 16.2. The van der Waals surface area contributed by atoms with Gasteiger partial charge >= 0.3 is 0 Å². The van der Waals surface area contributed by atoms with Crippen LogP contribution in [0.15, 0.2) is 0 Å². The molecule has 1 saturated carbocycles. The van der Waals surface area contributed by atoms with Gasteiger partial charge in [-0.25, -0.2) is 4.68 Å². The fourth-order valence-electron chi connectivity index (χ4n) is 4.06. The first-order valence-corrected chi connectivity index (χ1v) is 9.07. The minimum absolute atomic E-state index is 0.236. The minimum atomic E-state index is 0.236. The maximum atomic E-state index is 9.16. The van der Waals surface area contributed by atoms with E-state index in [0.717, 1.165) is 32.0 Å². The topological polar surface area (TPSA) is 70.3 Å². The molecule has 2 aliphatic rings. The highest BCUT2D eigenvalue weighted by atomic mass is 16.3. The molecule has 0 radical (unpaired) electrons. The molecule has 0 spiro atoms. The van der Waals surface area contributed by atoms with Gasteiger partial charge in [0.15, 0.2) is 5.82 Å². The highest BCUT2D eigenvalue weighted by molar-refractivity contribution is 4.96. The van der Waals surface area contributed by atoms with Crippen molar-refractivity contribution in [1.29, 1.82) is 0 Å². The Morgan fingerprint density at radius 2 is 2.00 bits per heavy atom. The van der Waals surface area contributed by atoms with Gasteiger partial charge in [-0.2, -0.15) is 0 Å². The molecule has 7 heteroatoms. The van der Waals surface area contributed by atoms with E-state index in [1.54, 1.807) is 0 Å². The molecule has 0 bridgehead atoms. The standard InChI is InChI=1S/C16H30N6O/c1-13-12-21(9-8-20(13)10-11-23)14(2)16-17-18-19-22(16)15-6-4-3-5-7-15/h13-15,23H,3-12H2,1-2H3/t13-,14+/m1/s1. The van der Waals surface area contributed by atoms with Gasteiger partial charge in [-0.1, -0.05) is 19.3 Å². The fourth-order valence-corrected chi connectivity index (χ4v) is 4.06. The van der Waals surface area contributed by atoms with Crippen LogP contribution >= 0.6 is 0 Å². The molecule has 0 amide bonds. The van der Waals surface area contributed by atoms with E-state index in [9.17, 15) is 0 Å². The van der Waals surface area contributed by atoms with Gasteiger partial charge in [-0.15, -0.1) is 5.10 Å². The second-order valence-electron chi connectivity index (χ2n) is 7.05. The lowest BCUT2D eigenvalue weighted by molar-refractivity contribution is 0.0448. The maximum absolute atomic E-state index is 9.16. The van der Waals surface area contributed by atoms with Gasteiger partial charge in [0.1, 0.15) is 0 Å². The van der Waals surface area contributed by atoms with Crippen molar-refractivity contribution < 1.29 is 5.11 Å². The second-order valence-corrected chi connectivity index (χ2v) is 7.05. The molecule has 1 aliphatic carbocycles. The quantitative estimate of drug-likeness (QED) is 0.879. The van der Waals surface area contributed by atoms with Crippen molar-refractivity contribution in [3.63, 3.8) is 0 Å². The number of β-amino-alcohol motifs (C(OH)–C–C–N with tert-alkyl or cyclic N) is 1. The van der Waals surface area contributed by atoms with E-state index in [2.05, 4.69) is 43.9 Å². The van der Waals surface area contributed by atoms with Gasteiger partial charge in [-0.05, 0) is 37.1 Å². The van der Waals surface area contributed by atoms with Gasteiger partial charge in [0, 0.05) is 32.2 Å². The van der Waals surface area contributed by atoms with Crippen LogP contribution in [0.2, 0.25) is 0 Å². The van der Waals surface area contributed by atoms with Gasteiger partial charge in [0.05, 0.1) is 18.7 Å². The van der Waals surface area contributed by atoms with Crippen LogP contribution in [0, 0.1) is 0 Å². The van der Waals surface area contributed by atoms with Crippen LogP contribution in [0.4, 0.5) is 0 Å². The largest absolute Gasteiger partial charge is 0.395 e. The lowest BCUT2D eigenvalue weighted by Crippen LogP contribution is -2.53. The van der Waals surface area contributed by atoms with Crippen LogP contribution in [-0.2, 0) is 0 Å². The van der Waals surface area contributed by atoms with Crippen molar-refractivity contribution in [2.75, 3.05) is 32.8 Å². The van der Waals surface area contributed by atoms with Crippen LogP contribution in [0.1, 0.15) is 63.9 Å². The van der Waals surface area contributed by atoms with Crippen molar-refractivity contribution in [1.82, 2.24) is 30.0 Å². The molecule has 1 N–H and O–H groups in total. The van der Waals surface area contributed by atoms with Crippen molar-refractivity contribution in [2.45, 2.75) is 64.1 Å². The minimum Gasteiger partial charge on any atom is -0.395 e. The Bertz CT molecular complexity index is 487. The maximum Gasteiger partial charge on any atom is 0.168 e. The first-order chi connectivity index (χ1) is 11.2. The summed E-state index contributed by atoms with van der Waals surface area (Å²) >= 11 is 0. The molecular weight excluding hydrogens is 292 g/mol. The van der Waals surface area contributed by atoms with E-state index >= 15 is 0 Å². The first kappa shape index (κ1) is 16.8. The third-order valence-corrected chi connectivity index (χ3v) is 5.54. The summed E-state index contributed by atoms with van der Waals surface area (Å²) in [6.45, 7) is 8.46. The third-order valence-electron chi connectivity index (χ3n) is 5.54. The molecule has 0 aromatic carbocycles. The van der Waals surface area contributed by atoms with Crippen LogP contribution in [-0.4, -0.2) is 73.9 Å². The summed E-state index contributed by atoms with van der Waals surface area (Å²) in [5.74, 6) is 1.01. The van der Waals surface area contributed by atoms with Crippen molar-refractivity contribution in [3.8, 4) is 0 Å². The lowest BCUT2D eigenvalue weighted by Gasteiger charge is -2.42. The van der Waals surface area contributed by atoms with Gasteiger partial charge in [-0.3, -0.25) is 9.80 Å². The van der Waals surface area contributed by atoms with E-state index in [4.69, 9.17) is 5.11 Å². The normalized spacial score (nSPS) is 26.5. The number of tetrazole rings is 1. The first-order valence-electron chi connectivity index (χ1n) is 9.07. The van der Waals surface area contributed by atoms with E-state index in [1.165, 1.54) is 32.1 Å². The SMILES string of the molecule is C[C@@H]1CN([C@@H](C)c2nnnn2C2CCCCC2)CCN1CCO. The molecule has 1 aliphatic heterocycles. The molecule has 23 heavy (non-hydrogen) atoms. The van der Waals surface area contributed by atoms with Crippen molar-refractivity contribution >= 4 is 0 Å². The van der Waals surface area contributed by atoms with E-state index in [0.29, 0.717) is 12.1 Å². The predicted molar refractivity (Wildman–Crippen MR) is 88.0 cm³/mol. The Morgan fingerprint density at radius 3 is 2.70 bits per heavy atom. The van der Waals surface area contributed by atoms with E-state index in [1.807, 2.05) is 0 Å². The number of hydrogen-bond acceptors (Lipinski definition) is 6. The highest BCUT2D eigenvalue weighted by Crippen LogP contribution is 2.30. The van der Waals surface area contributed by atoms with Gasteiger partial charge < -0.3 is 5.11 Å². The number of piperazine rings is 1. The molecule has 0 unspecified atom stereocenters. The zero-order valence-corrected chi connectivity index (χ0v) is 14.4. The highest BCUT2D eigenvalue weighted by Gasteiger charge is 2.30. The average molecular weight is 322 g/mol. The molecule has 1 aromatic rings. The average Bonchev–Trinajstić information content (AvgIpc) is 3.06. The summed E-state index contributed by atoms with van der Waals surface area (Å²) in [4.78, 5) is 4.83. The Kier molecular flexibility index (Phi) is 5.61. The Balaban J connectivity index is 1.67. The predicted octanol–water partition coefficient (Wildman–Crippen LogP) is 1.24. The smallest absolute Gasteiger partial charge is 0.168 e. The summed E-state index contributed by atoms with van der Waals surface area (Å²) < 4.78 is 2.09. The molecule has 1 aromatic heterocycles. The Hall–Kier alpha value is -1.05. The fraction of sp³-hybridized carbons (Fsp3) is 0.938. The van der Waals surface area contributed by atoms with Crippen LogP contribution in [0.3, 0.4) is 0 Å². The molecule has 7 nitrogen and oxygen atoms in total. The molecule has 2 atom stereocenters. The summed E-state index contributed by atoms with van der Waals surface area (Å²) in [6, 6.07) is 1.17. The molecule has 1 saturated heterocycles. The number of hydrogen-bond donors (Lipinski definition) is 1. The summed E-state index contributed by atoms with van der Waals surface area (Å²) in [6.07, 6.45) is 6.31. The van der Waals surface area contributed by atoms with Crippen LogP contribution in [0.5, 0.6) is 0 Å². The van der Waals surface area contributed by atoms with Crippen molar-refractivity contribution in [3.05, 3.63) is 5.82 Å². The van der Waals surface area contributed by atoms with Gasteiger partial charge in [0.2, 0.25) is 0 Å². The molecule has 130 valence electrons. The van der Waals surface area contributed by atoms with Crippen molar-refractivity contribution in [2.24, 2.45) is 0 Å². The Morgan fingerprint density at radius 1 is 1.22 bits per heavy atom. The summed E-state index contributed by atoms with van der Waals surface area (Å²) in [7, 11) is 0. The molecule has 3 rings (SSSR count). The second kappa shape index (κ2) is 7.68. The number of aromatic nitrogens is 4. The third kappa shape index (κ3) is 3.72. The molecular formula is C16H30N6O. The van der Waals surface area contributed by atoms with E-state index in [-0.39, 0.29) is 12.6 Å². The number of aliphatic hydroxyl groups excluding tert-OH is 1. The van der Waals surface area contributed by atoms with Gasteiger partial charge in [0.25, 0.3) is 0 Å². The Labute approximate surface area is 138 Å². The summed E-state index contributed by atoms with van der Waals surface area (Å²) in [5, 5.41) is 21.8. The van der Waals surface area contributed by atoms with Crippen LogP contribution in [0.25, 0.3) is 0 Å². The molecule has 2 fully saturated rings. The monoisotopic (exact) mass is 322 g/mol.